The molecule has 0 aromatic heterocycles. The van der Waals surface area contributed by atoms with E-state index in [9.17, 15) is 19.8 Å². The Balaban J connectivity index is 1.99. The van der Waals surface area contributed by atoms with Gasteiger partial charge in [-0.15, -0.1) is 0 Å². The molecular weight excluding hydrogens is 344 g/mol. The van der Waals surface area contributed by atoms with E-state index >= 15 is 0 Å². The van der Waals surface area contributed by atoms with Crippen molar-refractivity contribution < 1.29 is 19.8 Å². The summed E-state index contributed by atoms with van der Waals surface area (Å²) in [6.45, 7) is 2.95. The predicted octanol–water partition coefficient (Wildman–Crippen LogP) is 2.67. The van der Waals surface area contributed by atoms with Crippen LogP contribution in [0.4, 0.5) is 0 Å². The summed E-state index contributed by atoms with van der Waals surface area (Å²) in [5.74, 6) is -1.95. The van der Waals surface area contributed by atoms with E-state index in [1.54, 1.807) is 0 Å². The Morgan fingerprint density at radius 3 is 2.60 bits per heavy atom. The molecule has 3 rings (SSSR count). The van der Waals surface area contributed by atoms with Crippen LogP contribution in [0.15, 0.2) is 39.2 Å². The minimum Gasteiger partial charge on any atom is -0.507 e. The molecule has 1 aliphatic carbocycles. The number of fused-ring (bicyclic) bond motifs is 1. The van der Waals surface area contributed by atoms with E-state index in [0.717, 1.165) is 13.1 Å². The Morgan fingerprint density at radius 1 is 1.36 bits per heavy atom. The minimum atomic E-state index is -1.74. The molecule has 134 valence electrons. The largest absolute Gasteiger partial charge is 0.507 e. The standard InChI is InChI=1S/C18H21ClN2O4/c1-18(17(24)25,16(23)10-5-7-21(2)8-6-10)11-9-20-12-3-4-13(22)15(19)14(11)12/h4,9-10,22H,3,5-8H2,1-2H3,(H,24,25). The number of hydrogen-bond acceptors (Lipinski definition) is 5. The normalized spacial score (nSPS) is 24.2. The number of nitrogens with zero attached hydrogens (tertiary/aromatic N) is 2. The third kappa shape index (κ3) is 2.83. The molecule has 0 radical (unpaired) electrons. The molecule has 0 amide bonds. The number of carboxylic acids is 1. The van der Waals surface area contributed by atoms with Crippen LogP contribution in [-0.2, 0) is 9.59 Å². The second-order valence-corrected chi connectivity index (χ2v) is 7.35. The van der Waals surface area contributed by atoms with Gasteiger partial charge in [0, 0.05) is 29.7 Å². The Kier molecular flexibility index (Phi) is 4.60. The first-order chi connectivity index (χ1) is 11.8. The highest BCUT2D eigenvalue weighted by atomic mass is 35.5. The van der Waals surface area contributed by atoms with Gasteiger partial charge in [-0.25, -0.2) is 0 Å². The number of carbonyl (C=O) groups is 2. The van der Waals surface area contributed by atoms with E-state index < -0.39 is 11.4 Å². The molecule has 0 spiro atoms. The van der Waals surface area contributed by atoms with Gasteiger partial charge in [-0.2, -0.15) is 0 Å². The number of aliphatic carboxylic acids is 1. The number of aliphatic hydroxyl groups is 1. The van der Waals surface area contributed by atoms with Crippen molar-refractivity contribution in [1.29, 1.82) is 0 Å². The van der Waals surface area contributed by atoms with Gasteiger partial charge in [0.05, 0.1) is 10.7 Å². The smallest absolute Gasteiger partial charge is 0.321 e. The monoisotopic (exact) mass is 364 g/mol. The molecule has 1 fully saturated rings. The average Bonchev–Trinajstić information content (AvgIpc) is 3.02. The summed E-state index contributed by atoms with van der Waals surface area (Å²) in [5.41, 5.74) is -0.503. The quantitative estimate of drug-likeness (QED) is 0.748. The fourth-order valence-electron chi connectivity index (χ4n) is 3.65. The number of ketones is 1. The lowest BCUT2D eigenvalue weighted by molar-refractivity contribution is -0.153. The minimum absolute atomic E-state index is 0.0532. The van der Waals surface area contributed by atoms with Gasteiger partial charge >= 0.3 is 5.97 Å². The van der Waals surface area contributed by atoms with Crippen molar-refractivity contribution >= 4 is 29.1 Å². The molecule has 7 heteroatoms. The van der Waals surface area contributed by atoms with Crippen LogP contribution >= 0.6 is 11.6 Å². The summed E-state index contributed by atoms with van der Waals surface area (Å²) in [5, 5.41) is 19.9. The number of aliphatic imine (C=N–C) groups is 1. The first-order valence-electron chi connectivity index (χ1n) is 8.30. The Morgan fingerprint density at radius 2 is 2.00 bits per heavy atom. The molecule has 25 heavy (non-hydrogen) atoms. The van der Waals surface area contributed by atoms with Crippen molar-refractivity contribution in [3.05, 3.63) is 34.2 Å². The third-order valence-electron chi connectivity index (χ3n) is 5.39. The topological polar surface area (TPSA) is 90.2 Å². The number of Topliss-reactive ketones (excluding diaryl/α,β-unsaturated/α-hetero) is 1. The highest BCUT2D eigenvalue weighted by molar-refractivity contribution is 6.36. The number of halogens is 1. The van der Waals surface area contributed by atoms with E-state index in [2.05, 4.69) is 9.89 Å². The predicted molar refractivity (Wildman–Crippen MR) is 94.7 cm³/mol. The van der Waals surface area contributed by atoms with Crippen molar-refractivity contribution in [3.63, 3.8) is 0 Å². The fourth-order valence-corrected chi connectivity index (χ4v) is 3.94. The van der Waals surface area contributed by atoms with E-state index in [1.165, 1.54) is 19.2 Å². The maximum absolute atomic E-state index is 13.2. The lowest BCUT2D eigenvalue weighted by Gasteiger charge is -2.34. The van der Waals surface area contributed by atoms with Crippen molar-refractivity contribution in [2.45, 2.75) is 26.2 Å². The highest BCUT2D eigenvalue weighted by Crippen LogP contribution is 2.45. The molecule has 2 heterocycles. The van der Waals surface area contributed by atoms with Crippen LogP contribution in [0, 0.1) is 11.3 Å². The number of aliphatic hydroxyl groups excluding tert-OH is 1. The second kappa shape index (κ2) is 6.42. The van der Waals surface area contributed by atoms with Gasteiger partial charge in [0.1, 0.15) is 5.76 Å². The van der Waals surface area contributed by atoms with Crippen LogP contribution in [0.1, 0.15) is 26.2 Å². The molecule has 1 unspecified atom stereocenters. The molecule has 0 aromatic rings. The summed E-state index contributed by atoms with van der Waals surface area (Å²) in [7, 11) is 1.98. The molecule has 0 aromatic carbocycles. The fraction of sp³-hybridized carbons (Fsp3) is 0.500. The zero-order valence-corrected chi connectivity index (χ0v) is 15.0. The van der Waals surface area contributed by atoms with Crippen LogP contribution in [0.25, 0.3) is 0 Å². The SMILES string of the molecule is CN1CCC(C(=O)C(C)(C(=O)O)C2=CN=C3CC=C(O)C(Cl)=C23)CC1. The van der Waals surface area contributed by atoms with Gasteiger partial charge in [0.25, 0.3) is 0 Å². The van der Waals surface area contributed by atoms with E-state index in [0.29, 0.717) is 30.5 Å². The Bertz CT molecular complexity index is 757. The van der Waals surface area contributed by atoms with E-state index in [-0.39, 0.29) is 28.1 Å². The number of piperidine rings is 1. The van der Waals surface area contributed by atoms with Crippen LogP contribution in [-0.4, -0.2) is 52.7 Å². The molecule has 1 saturated heterocycles. The Labute approximate surface area is 151 Å². The number of carbonyl (C=O) groups excluding carboxylic acids is 1. The maximum Gasteiger partial charge on any atom is 0.321 e. The molecule has 1 atom stereocenters. The third-order valence-corrected chi connectivity index (χ3v) is 5.77. The first kappa shape index (κ1) is 17.9. The average molecular weight is 365 g/mol. The molecule has 6 nitrogen and oxygen atoms in total. The van der Waals surface area contributed by atoms with E-state index in [4.69, 9.17) is 11.6 Å². The molecular formula is C18H21ClN2O4. The first-order valence-corrected chi connectivity index (χ1v) is 8.68. The van der Waals surface area contributed by atoms with E-state index in [1.807, 2.05) is 7.05 Å². The van der Waals surface area contributed by atoms with Gasteiger partial charge in [0.15, 0.2) is 11.2 Å². The summed E-state index contributed by atoms with van der Waals surface area (Å²) < 4.78 is 0. The number of likely N-dealkylation sites (tertiary alicyclic amines) is 1. The van der Waals surface area contributed by atoms with Gasteiger partial charge in [-0.3, -0.25) is 14.6 Å². The number of allylic oxidation sites excluding steroid dienone is 3. The summed E-state index contributed by atoms with van der Waals surface area (Å²) in [6, 6.07) is 0. The van der Waals surface area contributed by atoms with Crippen molar-refractivity contribution in [1.82, 2.24) is 4.90 Å². The molecule has 0 bridgehead atoms. The van der Waals surface area contributed by atoms with Crippen molar-refractivity contribution in [2.24, 2.45) is 16.3 Å². The van der Waals surface area contributed by atoms with Crippen LogP contribution in [0.3, 0.4) is 0 Å². The second-order valence-electron chi connectivity index (χ2n) is 6.97. The molecule has 2 N–H and O–H groups in total. The lowest BCUT2D eigenvalue weighted by atomic mass is 9.69. The molecule has 3 aliphatic rings. The van der Waals surface area contributed by atoms with Gasteiger partial charge in [-0.05, 0) is 46.0 Å². The Hall–Kier alpha value is -1.92. The van der Waals surface area contributed by atoms with Crippen LogP contribution in [0.5, 0.6) is 0 Å². The lowest BCUT2D eigenvalue weighted by Crippen LogP contribution is -2.45. The van der Waals surface area contributed by atoms with Gasteiger partial charge in [-0.1, -0.05) is 11.6 Å². The van der Waals surface area contributed by atoms with Crippen LogP contribution < -0.4 is 0 Å². The zero-order valence-electron chi connectivity index (χ0n) is 14.3. The van der Waals surface area contributed by atoms with Gasteiger partial charge in [0.2, 0.25) is 0 Å². The number of rotatable bonds is 4. The maximum atomic E-state index is 13.2. The molecule has 2 aliphatic heterocycles. The van der Waals surface area contributed by atoms with Crippen LogP contribution in [0.2, 0.25) is 0 Å². The summed E-state index contributed by atoms with van der Waals surface area (Å²) in [6.07, 6.45) is 4.57. The van der Waals surface area contributed by atoms with Gasteiger partial charge < -0.3 is 15.1 Å². The number of hydrogen-bond donors (Lipinski definition) is 2. The molecule has 0 saturated carbocycles. The zero-order chi connectivity index (χ0) is 18.4. The summed E-state index contributed by atoms with van der Waals surface area (Å²) >= 11 is 6.21. The number of carboxylic acid groups (broad SMARTS) is 1. The highest BCUT2D eigenvalue weighted by Gasteiger charge is 2.51. The van der Waals surface area contributed by atoms with Crippen molar-refractivity contribution in [2.75, 3.05) is 20.1 Å². The summed E-state index contributed by atoms with van der Waals surface area (Å²) in [4.78, 5) is 31.7. The van der Waals surface area contributed by atoms with Crippen molar-refractivity contribution in [3.8, 4) is 0 Å².